The van der Waals surface area contributed by atoms with Gasteiger partial charge in [0.2, 0.25) is 5.88 Å². The predicted octanol–water partition coefficient (Wildman–Crippen LogP) is 3.90. The molecule has 0 unspecified atom stereocenters. The first-order valence-corrected chi connectivity index (χ1v) is 7.87. The molecule has 5 nitrogen and oxygen atoms in total. The van der Waals surface area contributed by atoms with Crippen LogP contribution in [0, 0.1) is 0 Å². The Morgan fingerprint density at radius 2 is 1.90 bits per heavy atom. The second-order valence-electron chi connectivity index (χ2n) is 4.75. The maximum atomic E-state index is 9.82. The van der Waals surface area contributed by atoms with Crippen molar-refractivity contribution in [2.75, 3.05) is 5.32 Å². The van der Waals surface area contributed by atoms with Gasteiger partial charge in [-0.25, -0.2) is 0 Å². The monoisotopic (exact) mass is 346 g/mol. The highest BCUT2D eigenvalue weighted by atomic mass is 35.5. The highest BCUT2D eigenvalue weighted by molar-refractivity contribution is 7.10. The van der Waals surface area contributed by atoms with Gasteiger partial charge >= 0.3 is 0 Å². The summed E-state index contributed by atoms with van der Waals surface area (Å²) in [5, 5.41) is 14.8. The van der Waals surface area contributed by atoms with Crippen LogP contribution in [0.4, 0.5) is 10.7 Å². The van der Waals surface area contributed by atoms with Crippen molar-refractivity contribution < 1.29 is 5.11 Å². The molecule has 1 aromatic heterocycles. The van der Waals surface area contributed by atoms with Crippen LogP contribution in [0.25, 0.3) is 0 Å². The smallest absolute Gasteiger partial charge is 0.229 e. The van der Waals surface area contributed by atoms with Gasteiger partial charge in [-0.1, -0.05) is 23.2 Å². The van der Waals surface area contributed by atoms with Crippen LogP contribution >= 0.6 is 34.7 Å². The molecule has 0 aliphatic rings. The maximum Gasteiger partial charge on any atom is 0.229 e. The van der Waals surface area contributed by atoms with Gasteiger partial charge in [0.05, 0.1) is 5.56 Å². The molecular weight excluding hydrogens is 331 g/mol. The number of hydrogen-bond donors (Lipinski definition) is 4. The van der Waals surface area contributed by atoms with Crippen LogP contribution in [0.1, 0.15) is 19.4 Å². The molecule has 2 rings (SSSR count). The van der Waals surface area contributed by atoms with Crippen molar-refractivity contribution in [1.29, 1.82) is 0 Å². The molecule has 21 heavy (non-hydrogen) atoms. The zero-order chi connectivity index (χ0) is 15.4. The lowest BCUT2D eigenvalue weighted by Gasteiger charge is -2.11. The van der Waals surface area contributed by atoms with Crippen LogP contribution in [-0.4, -0.2) is 15.5 Å². The molecule has 1 aromatic carbocycles. The third kappa shape index (κ3) is 4.72. The highest BCUT2D eigenvalue weighted by Crippen LogP contribution is 2.33. The Bertz CT molecular complexity index is 598. The SMILES string of the molecule is CC(C)NNCc1c(O)nsc1Nc1cc(Cl)cc(Cl)c1. The molecule has 0 amide bonds. The van der Waals surface area contributed by atoms with Gasteiger partial charge in [0, 0.05) is 28.3 Å². The molecule has 8 heteroatoms. The topological polar surface area (TPSA) is 69.2 Å². The third-order valence-corrected chi connectivity index (χ3v) is 3.78. The molecule has 0 aliphatic heterocycles. The van der Waals surface area contributed by atoms with Crippen molar-refractivity contribution in [1.82, 2.24) is 15.2 Å². The second kappa shape index (κ2) is 7.29. The summed E-state index contributed by atoms with van der Waals surface area (Å²) in [5.74, 6) is 0.00804. The molecular formula is C13H16Cl2N4OS. The predicted molar refractivity (Wildman–Crippen MR) is 88.6 cm³/mol. The van der Waals surface area contributed by atoms with Crippen LogP contribution in [0.5, 0.6) is 5.88 Å². The summed E-state index contributed by atoms with van der Waals surface area (Å²) in [6, 6.07) is 5.47. The van der Waals surface area contributed by atoms with Crippen molar-refractivity contribution >= 4 is 45.4 Å². The minimum Gasteiger partial charge on any atom is -0.492 e. The Balaban J connectivity index is 2.12. The average Bonchev–Trinajstić information content (AvgIpc) is 2.69. The molecule has 4 N–H and O–H groups in total. The first-order valence-electron chi connectivity index (χ1n) is 6.34. The zero-order valence-electron chi connectivity index (χ0n) is 11.6. The fourth-order valence-corrected chi connectivity index (χ4v) is 2.91. The number of halogens is 2. The van der Waals surface area contributed by atoms with Crippen molar-refractivity contribution in [2.45, 2.75) is 26.4 Å². The van der Waals surface area contributed by atoms with E-state index in [4.69, 9.17) is 23.2 Å². The van der Waals surface area contributed by atoms with Crippen molar-refractivity contribution in [3.63, 3.8) is 0 Å². The van der Waals surface area contributed by atoms with Gasteiger partial charge in [0.25, 0.3) is 0 Å². The summed E-state index contributed by atoms with van der Waals surface area (Å²) in [6.07, 6.45) is 0. The number of benzene rings is 1. The molecule has 0 saturated heterocycles. The second-order valence-corrected chi connectivity index (χ2v) is 6.40. The molecule has 0 radical (unpaired) electrons. The molecule has 114 valence electrons. The largest absolute Gasteiger partial charge is 0.492 e. The number of hydrogen-bond acceptors (Lipinski definition) is 6. The van der Waals surface area contributed by atoms with Gasteiger partial charge in [-0.15, -0.1) is 0 Å². The number of rotatable bonds is 6. The summed E-state index contributed by atoms with van der Waals surface area (Å²) in [6.45, 7) is 4.48. The molecule has 0 atom stereocenters. The summed E-state index contributed by atoms with van der Waals surface area (Å²) < 4.78 is 3.96. The van der Waals surface area contributed by atoms with E-state index in [-0.39, 0.29) is 5.88 Å². The van der Waals surface area contributed by atoms with E-state index in [1.54, 1.807) is 18.2 Å². The third-order valence-electron chi connectivity index (χ3n) is 2.54. The number of aromatic hydroxyl groups is 1. The van der Waals surface area contributed by atoms with E-state index in [0.717, 1.165) is 10.7 Å². The Morgan fingerprint density at radius 1 is 1.24 bits per heavy atom. The lowest BCUT2D eigenvalue weighted by Crippen LogP contribution is -2.36. The quantitative estimate of drug-likeness (QED) is 0.597. The number of nitrogens with one attached hydrogen (secondary N) is 3. The number of hydrazine groups is 1. The minimum absolute atomic E-state index is 0.00804. The van der Waals surface area contributed by atoms with E-state index < -0.39 is 0 Å². The van der Waals surface area contributed by atoms with E-state index in [1.165, 1.54) is 11.5 Å². The van der Waals surface area contributed by atoms with Gasteiger partial charge in [-0.2, -0.15) is 4.37 Å². The molecule has 0 saturated carbocycles. The van der Waals surface area contributed by atoms with E-state index >= 15 is 0 Å². The number of nitrogens with zero attached hydrogens (tertiary/aromatic N) is 1. The van der Waals surface area contributed by atoms with Crippen LogP contribution in [0.15, 0.2) is 18.2 Å². The Kier molecular flexibility index (Phi) is 5.66. The van der Waals surface area contributed by atoms with E-state index in [2.05, 4.69) is 20.5 Å². The first kappa shape index (κ1) is 16.3. The van der Waals surface area contributed by atoms with Gasteiger partial charge < -0.3 is 10.4 Å². The van der Waals surface area contributed by atoms with Crippen LogP contribution in [0.2, 0.25) is 10.0 Å². The standard InChI is InChI=1S/C13H16Cl2N4OS/c1-7(2)18-16-6-11-12(20)19-21-13(11)17-10-4-8(14)3-9(15)5-10/h3-5,7,16-18H,6H2,1-2H3,(H,19,20). The maximum absolute atomic E-state index is 9.82. The van der Waals surface area contributed by atoms with Crippen molar-refractivity contribution in [3.05, 3.63) is 33.8 Å². The number of anilines is 2. The van der Waals surface area contributed by atoms with Crippen molar-refractivity contribution in [2.24, 2.45) is 0 Å². The number of aromatic nitrogens is 1. The molecule has 0 fully saturated rings. The van der Waals surface area contributed by atoms with Gasteiger partial charge in [0.15, 0.2) is 0 Å². The van der Waals surface area contributed by atoms with Crippen molar-refractivity contribution in [3.8, 4) is 5.88 Å². The minimum atomic E-state index is 0.00804. The molecule has 2 aromatic rings. The summed E-state index contributed by atoms with van der Waals surface area (Å²) in [4.78, 5) is 0. The fourth-order valence-electron chi connectivity index (χ4n) is 1.66. The Labute approximate surface area is 137 Å². The normalized spacial score (nSPS) is 11.1. The van der Waals surface area contributed by atoms with E-state index in [9.17, 15) is 5.11 Å². The lowest BCUT2D eigenvalue weighted by molar-refractivity contribution is 0.433. The van der Waals surface area contributed by atoms with Gasteiger partial charge in [-0.05, 0) is 43.6 Å². The summed E-state index contributed by atoms with van der Waals surface area (Å²) in [7, 11) is 0. The molecule has 0 spiro atoms. The van der Waals surface area contributed by atoms with Crippen LogP contribution < -0.4 is 16.2 Å². The Morgan fingerprint density at radius 3 is 2.52 bits per heavy atom. The summed E-state index contributed by atoms with van der Waals surface area (Å²) in [5.41, 5.74) is 7.54. The molecule has 0 bridgehead atoms. The Hall–Kier alpha value is -1.05. The molecule has 0 aliphatic carbocycles. The first-order chi connectivity index (χ1) is 9.95. The zero-order valence-corrected chi connectivity index (χ0v) is 13.9. The van der Waals surface area contributed by atoms with Crippen LogP contribution in [0.3, 0.4) is 0 Å². The van der Waals surface area contributed by atoms with Gasteiger partial charge in [-0.3, -0.25) is 10.9 Å². The fraction of sp³-hybridized carbons (Fsp3) is 0.308. The highest BCUT2D eigenvalue weighted by Gasteiger charge is 2.13. The van der Waals surface area contributed by atoms with Gasteiger partial charge in [0.1, 0.15) is 5.00 Å². The molecule has 1 heterocycles. The van der Waals surface area contributed by atoms with E-state index in [1.807, 2.05) is 13.8 Å². The lowest BCUT2D eigenvalue weighted by atomic mass is 10.3. The average molecular weight is 347 g/mol. The van der Waals surface area contributed by atoms with Crippen LogP contribution in [-0.2, 0) is 6.54 Å². The van der Waals surface area contributed by atoms with E-state index in [0.29, 0.717) is 28.2 Å². The summed E-state index contributed by atoms with van der Waals surface area (Å²) >= 11 is 13.1.